The van der Waals surface area contributed by atoms with E-state index in [1.54, 1.807) is 6.07 Å². The zero-order valence-corrected chi connectivity index (χ0v) is 9.58. The summed E-state index contributed by atoms with van der Waals surface area (Å²) in [6.45, 7) is 2.37. The van der Waals surface area contributed by atoms with Gasteiger partial charge in [0.15, 0.2) is 11.5 Å². The van der Waals surface area contributed by atoms with Crippen molar-refractivity contribution in [1.29, 1.82) is 0 Å². The van der Waals surface area contributed by atoms with Crippen molar-refractivity contribution in [3.8, 4) is 23.8 Å². The molecule has 84 valence electrons. The minimum absolute atomic E-state index is 0.0975. The molecule has 0 amide bonds. The van der Waals surface area contributed by atoms with Gasteiger partial charge in [-0.25, -0.2) is 0 Å². The maximum absolute atomic E-state index is 10.7. The van der Waals surface area contributed by atoms with E-state index >= 15 is 0 Å². The van der Waals surface area contributed by atoms with Gasteiger partial charge in [0.25, 0.3) is 0 Å². The monoisotopic (exact) mass is 238 g/mol. The molecule has 0 bridgehead atoms. The van der Waals surface area contributed by atoms with Gasteiger partial charge in [0, 0.05) is 5.56 Å². The average Bonchev–Trinajstić information content (AvgIpc) is 2.28. The lowest BCUT2D eigenvalue weighted by molar-refractivity contribution is 0.112. The summed E-state index contributed by atoms with van der Waals surface area (Å²) in [6, 6.07) is 3.07. The molecule has 0 saturated carbocycles. The Labute approximate surface area is 99.3 Å². The Hall–Kier alpha value is -1.66. The van der Waals surface area contributed by atoms with Crippen molar-refractivity contribution in [2.45, 2.75) is 6.92 Å². The summed E-state index contributed by atoms with van der Waals surface area (Å²) >= 11 is 5.95. The van der Waals surface area contributed by atoms with Crippen LogP contribution in [0.15, 0.2) is 12.1 Å². The Bertz CT molecular complexity index is 421. The molecule has 0 atom stereocenters. The van der Waals surface area contributed by atoms with Crippen LogP contribution in [0.5, 0.6) is 11.5 Å². The van der Waals surface area contributed by atoms with Crippen molar-refractivity contribution in [2.75, 3.05) is 13.2 Å². The number of halogens is 1. The normalized spacial score (nSPS) is 9.31. The Balaban J connectivity index is 3.12. The van der Waals surface area contributed by atoms with Crippen LogP contribution in [0.2, 0.25) is 5.02 Å². The second-order valence-corrected chi connectivity index (χ2v) is 3.28. The van der Waals surface area contributed by atoms with Crippen molar-refractivity contribution >= 4 is 17.9 Å². The lowest BCUT2D eigenvalue weighted by Gasteiger charge is -2.12. The first-order valence-corrected chi connectivity index (χ1v) is 5.08. The van der Waals surface area contributed by atoms with Crippen LogP contribution in [-0.2, 0) is 0 Å². The molecule has 0 aromatic heterocycles. The van der Waals surface area contributed by atoms with E-state index in [0.717, 1.165) is 0 Å². The fourth-order valence-electron chi connectivity index (χ4n) is 1.17. The van der Waals surface area contributed by atoms with Gasteiger partial charge < -0.3 is 9.47 Å². The number of hydrogen-bond acceptors (Lipinski definition) is 3. The maximum Gasteiger partial charge on any atom is 0.181 e. The lowest BCUT2D eigenvalue weighted by atomic mass is 10.2. The van der Waals surface area contributed by atoms with Crippen molar-refractivity contribution in [2.24, 2.45) is 0 Å². The third-order valence-electron chi connectivity index (χ3n) is 1.77. The second kappa shape index (κ2) is 6.04. The van der Waals surface area contributed by atoms with Gasteiger partial charge >= 0.3 is 0 Å². The SMILES string of the molecule is C#CCOc1c(Cl)cc(C=O)cc1OCC. The quantitative estimate of drug-likeness (QED) is 0.584. The molecule has 0 heterocycles. The number of rotatable bonds is 5. The minimum atomic E-state index is 0.0975. The third-order valence-corrected chi connectivity index (χ3v) is 2.05. The van der Waals surface area contributed by atoms with E-state index in [0.29, 0.717) is 35.0 Å². The fraction of sp³-hybridized carbons (Fsp3) is 0.250. The largest absolute Gasteiger partial charge is 0.490 e. The van der Waals surface area contributed by atoms with E-state index in [-0.39, 0.29) is 6.61 Å². The number of hydrogen-bond donors (Lipinski definition) is 0. The lowest BCUT2D eigenvalue weighted by Crippen LogP contribution is -2.00. The van der Waals surface area contributed by atoms with Gasteiger partial charge in [-0.05, 0) is 19.1 Å². The molecule has 0 N–H and O–H groups in total. The first-order chi connectivity index (χ1) is 7.72. The van der Waals surface area contributed by atoms with Crippen LogP contribution in [-0.4, -0.2) is 19.5 Å². The molecule has 4 heteroatoms. The molecular weight excluding hydrogens is 228 g/mol. The molecule has 0 saturated heterocycles. The molecule has 16 heavy (non-hydrogen) atoms. The Morgan fingerprint density at radius 1 is 1.50 bits per heavy atom. The third kappa shape index (κ3) is 2.91. The van der Waals surface area contributed by atoms with E-state index in [1.807, 2.05) is 6.92 Å². The van der Waals surface area contributed by atoms with Crippen LogP contribution in [0.25, 0.3) is 0 Å². The highest BCUT2D eigenvalue weighted by Crippen LogP contribution is 2.36. The van der Waals surface area contributed by atoms with Crippen LogP contribution >= 0.6 is 11.6 Å². The number of aldehydes is 1. The summed E-state index contributed by atoms with van der Waals surface area (Å²) in [7, 11) is 0. The maximum atomic E-state index is 10.7. The molecule has 1 rings (SSSR count). The van der Waals surface area contributed by atoms with Crippen LogP contribution in [0.4, 0.5) is 0 Å². The average molecular weight is 239 g/mol. The summed E-state index contributed by atoms with van der Waals surface area (Å²) in [5.74, 6) is 3.13. The van der Waals surface area contributed by atoms with Crippen molar-refractivity contribution < 1.29 is 14.3 Å². The first-order valence-electron chi connectivity index (χ1n) is 4.70. The van der Waals surface area contributed by atoms with Crippen molar-refractivity contribution in [3.63, 3.8) is 0 Å². The van der Waals surface area contributed by atoms with Gasteiger partial charge in [-0.15, -0.1) is 6.42 Å². The molecule has 0 radical (unpaired) electrons. The Morgan fingerprint density at radius 2 is 2.25 bits per heavy atom. The van der Waals surface area contributed by atoms with Crippen LogP contribution < -0.4 is 9.47 Å². The molecular formula is C12H11ClO3. The number of carbonyl (C=O) groups is 1. The summed E-state index contributed by atoms with van der Waals surface area (Å²) in [5.41, 5.74) is 0.432. The first kappa shape index (κ1) is 12.4. The van der Waals surface area contributed by atoms with Crippen LogP contribution in [0, 0.1) is 12.3 Å². The molecule has 1 aromatic carbocycles. The second-order valence-electron chi connectivity index (χ2n) is 2.87. The Kier molecular flexibility index (Phi) is 4.68. The van der Waals surface area contributed by atoms with E-state index in [1.165, 1.54) is 6.07 Å². The zero-order chi connectivity index (χ0) is 12.0. The van der Waals surface area contributed by atoms with Crippen LogP contribution in [0.1, 0.15) is 17.3 Å². The summed E-state index contributed by atoms with van der Waals surface area (Å²) < 4.78 is 10.6. The number of terminal acetylenes is 1. The summed E-state index contributed by atoms with van der Waals surface area (Å²) in [5, 5.41) is 0.309. The molecule has 0 unspecified atom stereocenters. The summed E-state index contributed by atoms with van der Waals surface area (Å²) in [4.78, 5) is 10.7. The molecule has 0 aliphatic carbocycles. The van der Waals surface area contributed by atoms with Gasteiger partial charge in [-0.1, -0.05) is 17.5 Å². The van der Waals surface area contributed by atoms with Gasteiger partial charge in [0.05, 0.1) is 11.6 Å². The molecule has 0 fully saturated rings. The molecule has 3 nitrogen and oxygen atoms in total. The van der Waals surface area contributed by atoms with Gasteiger partial charge in [-0.2, -0.15) is 0 Å². The van der Waals surface area contributed by atoms with Crippen LogP contribution in [0.3, 0.4) is 0 Å². The molecule has 1 aromatic rings. The molecule has 0 spiro atoms. The van der Waals surface area contributed by atoms with E-state index in [9.17, 15) is 4.79 Å². The molecule has 0 aliphatic rings. The van der Waals surface area contributed by atoms with Gasteiger partial charge in [0.1, 0.15) is 12.9 Å². The van der Waals surface area contributed by atoms with Gasteiger partial charge in [0.2, 0.25) is 0 Å². The Morgan fingerprint density at radius 3 is 2.81 bits per heavy atom. The van der Waals surface area contributed by atoms with E-state index in [4.69, 9.17) is 27.5 Å². The van der Waals surface area contributed by atoms with E-state index in [2.05, 4.69) is 5.92 Å². The summed E-state index contributed by atoms with van der Waals surface area (Å²) in [6.07, 6.45) is 5.79. The highest BCUT2D eigenvalue weighted by atomic mass is 35.5. The van der Waals surface area contributed by atoms with Gasteiger partial charge in [-0.3, -0.25) is 4.79 Å². The highest BCUT2D eigenvalue weighted by Gasteiger charge is 2.11. The van der Waals surface area contributed by atoms with E-state index < -0.39 is 0 Å². The van der Waals surface area contributed by atoms with Crippen molar-refractivity contribution in [1.82, 2.24) is 0 Å². The number of ether oxygens (including phenoxy) is 2. The smallest absolute Gasteiger partial charge is 0.181 e. The topological polar surface area (TPSA) is 35.5 Å². The van der Waals surface area contributed by atoms with Crippen molar-refractivity contribution in [3.05, 3.63) is 22.7 Å². The standard InChI is InChI=1S/C12H11ClO3/c1-3-5-16-12-10(13)6-9(8-14)7-11(12)15-4-2/h1,6-8H,4-5H2,2H3. The number of benzene rings is 1. The molecule has 0 aliphatic heterocycles. The zero-order valence-electron chi connectivity index (χ0n) is 8.83. The predicted molar refractivity (Wildman–Crippen MR) is 62.3 cm³/mol. The fourth-order valence-corrected chi connectivity index (χ4v) is 1.45. The minimum Gasteiger partial charge on any atom is -0.490 e. The predicted octanol–water partition coefficient (Wildman–Crippen LogP) is 2.56. The number of carbonyl (C=O) groups excluding carboxylic acids is 1. The highest BCUT2D eigenvalue weighted by molar-refractivity contribution is 6.32.